The first-order valence-corrected chi connectivity index (χ1v) is 6.55. The second-order valence-corrected chi connectivity index (χ2v) is 6.47. The highest BCUT2D eigenvalue weighted by molar-refractivity contribution is 5.65. The highest BCUT2D eigenvalue weighted by atomic mass is 19.3. The van der Waals surface area contributed by atoms with Crippen LogP contribution in [0.1, 0.15) is 40.0 Å². The number of amides is 1. The van der Waals surface area contributed by atoms with E-state index in [-0.39, 0.29) is 30.3 Å². The normalized spacial score (nSPS) is 25.5. The van der Waals surface area contributed by atoms with Crippen LogP contribution in [0.5, 0.6) is 0 Å². The van der Waals surface area contributed by atoms with Gasteiger partial charge in [-0.1, -0.05) is 20.8 Å². The van der Waals surface area contributed by atoms with Gasteiger partial charge in [0.05, 0.1) is 0 Å². The van der Waals surface area contributed by atoms with Crippen LogP contribution in [0.25, 0.3) is 0 Å². The second-order valence-electron chi connectivity index (χ2n) is 6.47. The van der Waals surface area contributed by atoms with Gasteiger partial charge in [-0.05, 0) is 24.2 Å². The Morgan fingerprint density at radius 2 is 1.95 bits per heavy atom. The van der Waals surface area contributed by atoms with E-state index >= 15 is 0 Å². The maximum Gasteiger partial charge on any atom is 0.407 e. The maximum absolute atomic E-state index is 13.2. The predicted molar refractivity (Wildman–Crippen MR) is 67.3 cm³/mol. The van der Waals surface area contributed by atoms with Crippen LogP contribution in [0.2, 0.25) is 0 Å². The third-order valence-electron chi connectivity index (χ3n) is 3.78. The number of likely N-dealkylation sites (tertiary alicyclic amines) is 1. The molecule has 0 aromatic rings. The van der Waals surface area contributed by atoms with Gasteiger partial charge in [0, 0.05) is 19.0 Å². The number of aliphatic hydroxyl groups is 1. The van der Waals surface area contributed by atoms with E-state index in [0.717, 1.165) is 0 Å². The van der Waals surface area contributed by atoms with E-state index in [9.17, 15) is 18.7 Å². The summed E-state index contributed by atoms with van der Waals surface area (Å²) >= 11 is 0. The molecule has 2 atom stereocenters. The minimum atomic E-state index is -3.07. The summed E-state index contributed by atoms with van der Waals surface area (Å²) in [7, 11) is 0. The van der Waals surface area contributed by atoms with Crippen LogP contribution in [0.4, 0.5) is 13.6 Å². The van der Waals surface area contributed by atoms with E-state index in [1.807, 2.05) is 20.8 Å². The van der Waals surface area contributed by atoms with Crippen LogP contribution in [0, 0.1) is 11.3 Å². The van der Waals surface area contributed by atoms with Gasteiger partial charge >= 0.3 is 6.09 Å². The molecule has 1 aliphatic heterocycles. The van der Waals surface area contributed by atoms with E-state index in [1.165, 1.54) is 4.90 Å². The Kier molecular flexibility index (Phi) is 4.76. The quantitative estimate of drug-likeness (QED) is 0.835. The van der Waals surface area contributed by atoms with Gasteiger partial charge in [0.15, 0.2) is 0 Å². The van der Waals surface area contributed by atoms with Crippen LogP contribution < -0.4 is 0 Å². The van der Waals surface area contributed by atoms with E-state index in [2.05, 4.69) is 0 Å². The Bertz CT molecular complexity index is 328. The van der Waals surface area contributed by atoms with Gasteiger partial charge in [0.1, 0.15) is 6.61 Å². The third-order valence-corrected chi connectivity index (χ3v) is 3.78. The van der Waals surface area contributed by atoms with E-state index in [1.54, 1.807) is 0 Å². The Labute approximate surface area is 112 Å². The molecule has 0 radical (unpaired) electrons. The predicted octanol–water partition coefficient (Wildman–Crippen LogP) is 2.81. The minimum absolute atomic E-state index is 0.248. The molecule has 19 heavy (non-hydrogen) atoms. The summed E-state index contributed by atoms with van der Waals surface area (Å²) < 4.78 is 26.5. The molecule has 1 amide bonds. The maximum atomic E-state index is 13.2. The summed E-state index contributed by atoms with van der Waals surface area (Å²) in [6, 6.07) is -0.266. The molecule has 112 valence electrons. The van der Waals surface area contributed by atoms with E-state index < -0.39 is 18.6 Å². The molecule has 2 unspecified atom stereocenters. The van der Waals surface area contributed by atoms with Crippen LogP contribution in [-0.4, -0.2) is 46.3 Å². The van der Waals surface area contributed by atoms with Gasteiger partial charge in [-0.15, -0.1) is 0 Å². The second kappa shape index (κ2) is 5.61. The Morgan fingerprint density at radius 3 is 2.37 bits per heavy atom. The fraction of sp³-hybridized carbons (Fsp3) is 0.923. The first-order chi connectivity index (χ1) is 8.57. The number of nitrogens with zero attached hydrogens (tertiary/aromatic N) is 1. The molecule has 1 rings (SSSR count). The Balaban J connectivity index is 2.77. The van der Waals surface area contributed by atoms with Crippen molar-refractivity contribution in [1.29, 1.82) is 0 Å². The van der Waals surface area contributed by atoms with Gasteiger partial charge in [-0.25, -0.2) is 13.6 Å². The molecule has 0 bridgehead atoms. The fourth-order valence-corrected chi connectivity index (χ4v) is 2.76. The molecule has 1 aliphatic rings. The van der Waals surface area contributed by atoms with Crippen molar-refractivity contribution in [3.05, 3.63) is 0 Å². The smallest absolute Gasteiger partial charge is 0.407 e. The molecule has 2 N–H and O–H groups in total. The third kappa shape index (κ3) is 4.30. The summed E-state index contributed by atoms with van der Waals surface area (Å²) in [4.78, 5) is 12.6. The summed E-state index contributed by atoms with van der Waals surface area (Å²) in [6.45, 7) is 4.89. The zero-order chi connectivity index (χ0) is 14.8. The van der Waals surface area contributed by atoms with Crippen LogP contribution >= 0.6 is 0 Å². The molecule has 0 saturated carbocycles. The number of rotatable bonds is 3. The molecule has 0 spiro atoms. The van der Waals surface area contributed by atoms with Gasteiger partial charge in [0.25, 0.3) is 5.92 Å². The molecular formula is C13H23F2NO3. The van der Waals surface area contributed by atoms with Crippen LogP contribution in [-0.2, 0) is 0 Å². The highest BCUT2D eigenvalue weighted by Crippen LogP contribution is 2.38. The molecule has 0 aliphatic carbocycles. The van der Waals surface area contributed by atoms with Crippen molar-refractivity contribution >= 4 is 6.09 Å². The SMILES string of the molecule is CC(C)(C)C1CC(CC(F)(F)CO)CCN1C(=O)O. The van der Waals surface area contributed by atoms with Gasteiger partial charge in [-0.2, -0.15) is 0 Å². The molecule has 0 aromatic heterocycles. The number of alkyl halides is 2. The van der Waals surface area contributed by atoms with Crippen molar-refractivity contribution < 1.29 is 23.8 Å². The summed E-state index contributed by atoms with van der Waals surface area (Å²) in [6.07, 6.45) is -0.518. The number of halogens is 2. The van der Waals surface area contributed by atoms with E-state index in [0.29, 0.717) is 12.8 Å². The molecule has 1 saturated heterocycles. The molecule has 1 fully saturated rings. The lowest BCUT2D eigenvalue weighted by Crippen LogP contribution is -2.52. The lowest BCUT2D eigenvalue weighted by molar-refractivity contribution is -0.0783. The lowest BCUT2D eigenvalue weighted by Gasteiger charge is -2.45. The molecule has 6 heteroatoms. The van der Waals surface area contributed by atoms with Crippen LogP contribution in [0.3, 0.4) is 0 Å². The average Bonchev–Trinajstić information content (AvgIpc) is 2.27. The number of piperidine rings is 1. The van der Waals surface area contributed by atoms with Crippen molar-refractivity contribution in [2.45, 2.75) is 52.0 Å². The van der Waals surface area contributed by atoms with Crippen molar-refractivity contribution in [3.63, 3.8) is 0 Å². The van der Waals surface area contributed by atoms with Crippen molar-refractivity contribution in [1.82, 2.24) is 4.90 Å². The first kappa shape index (κ1) is 16.1. The first-order valence-electron chi connectivity index (χ1n) is 6.55. The number of carbonyl (C=O) groups is 1. The average molecular weight is 279 g/mol. The molecular weight excluding hydrogens is 256 g/mol. The van der Waals surface area contributed by atoms with Gasteiger partial charge < -0.3 is 15.1 Å². The van der Waals surface area contributed by atoms with Crippen molar-refractivity contribution in [2.24, 2.45) is 11.3 Å². The summed E-state index contributed by atoms with van der Waals surface area (Å²) in [5.41, 5.74) is -0.286. The number of carboxylic acid groups (broad SMARTS) is 1. The highest BCUT2D eigenvalue weighted by Gasteiger charge is 2.41. The van der Waals surface area contributed by atoms with Crippen molar-refractivity contribution in [3.8, 4) is 0 Å². The van der Waals surface area contributed by atoms with Gasteiger partial charge in [0.2, 0.25) is 0 Å². The minimum Gasteiger partial charge on any atom is -0.465 e. The number of aliphatic hydroxyl groups excluding tert-OH is 1. The number of hydrogen-bond acceptors (Lipinski definition) is 2. The van der Waals surface area contributed by atoms with Gasteiger partial charge in [-0.3, -0.25) is 0 Å². The largest absolute Gasteiger partial charge is 0.465 e. The summed E-state index contributed by atoms with van der Waals surface area (Å²) in [5.74, 6) is -3.32. The zero-order valence-electron chi connectivity index (χ0n) is 11.7. The Morgan fingerprint density at radius 1 is 1.37 bits per heavy atom. The molecule has 4 nitrogen and oxygen atoms in total. The molecule has 0 aromatic carbocycles. The summed E-state index contributed by atoms with van der Waals surface area (Å²) in [5, 5.41) is 17.8. The number of hydrogen-bond donors (Lipinski definition) is 2. The zero-order valence-corrected chi connectivity index (χ0v) is 11.7. The standard InChI is InChI=1S/C13H23F2NO3/c1-12(2,3)10-6-9(7-13(14,15)8-17)4-5-16(10)11(18)19/h9-10,17H,4-8H2,1-3H3,(H,18,19). The Hall–Kier alpha value is -0.910. The molecule has 1 heterocycles. The monoisotopic (exact) mass is 279 g/mol. The fourth-order valence-electron chi connectivity index (χ4n) is 2.76. The topological polar surface area (TPSA) is 60.8 Å². The lowest BCUT2D eigenvalue weighted by atomic mass is 9.75. The van der Waals surface area contributed by atoms with E-state index in [4.69, 9.17) is 5.11 Å². The van der Waals surface area contributed by atoms with Crippen LogP contribution in [0.15, 0.2) is 0 Å². The van der Waals surface area contributed by atoms with Crippen molar-refractivity contribution in [2.75, 3.05) is 13.2 Å².